The van der Waals surface area contributed by atoms with Crippen molar-refractivity contribution in [2.45, 2.75) is 24.0 Å². The number of thioether (sulfide) groups is 1. The van der Waals surface area contributed by atoms with Gasteiger partial charge in [-0.25, -0.2) is 0 Å². The zero-order valence-corrected chi connectivity index (χ0v) is 14.4. The smallest absolute Gasteiger partial charge is 0.288 e. The van der Waals surface area contributed by atoms with Crippen LogP contribution in [0.15, 0.2) is 53.4 Å². The summed E-state index contributed by atoms with van der Waals surface area (Å²) in [6.07, 6.45) is 0.765. The molecule has 2 amide bonds. The average Bonchev–Trinajstić information content (AvgIpc) is 2.60. The van der Waals surface area contributed by atoms with E-state index in [1.807, 2.05) is 25.1 Å². The molecule has 0 aromatic heterocycles. The Balaban J connectivity index is 1.97. The van der Waals surface area contributed by atoms with Gasteiger partial charge >= 0.3 is 0 Å². The number of anilines is 1. The third kappa shape index (κ3) is 5.56. The van der Waals surface area contributed by atoms with E-state index in [1.165, 1.54) is 12.1 Å². The molecule has 0 heterocycles. The van der Waals surface area contributed by atoms with Crippen LogP contribution in [0, 0.1) is 0 Å². The molecule has 2 N–H and O–H groups in total. The summed E-state index contributed by atoms with van der Waals surface area (Å²) in [6, 6.07) is 13.4. The van der Waals surface area contributed by atoms with Crippen LogP contribution in [0.5, 0.6) is 0 Å². The van der Waals surface area contributed by atoms with Crippen molar-refractivity contribution >= 4 is 29.3 Å². The fourth-order valence-electron chi connectivity index (χ4n) is 2.25. The zero-order chi connectivity index (χ0) is 18.2. The number of carbonyl (C=O) groups excluding carboxylic acids is 2. The van der Waals surface area contributed by atoms with E-state index < -0.39 is 11.7 Å². The van der Waals surface area contributed by atoms with Crippen LogP contribution in [0.3, 0.4) is 0 Å². The quantitative estimate of drug-likeness (QED) is 0.732. The van der Waals surface area contributed by atoms with Crippen molar-refractivity contribution in [1.29, 1.82) is 0 Å². The summed E-state index contributed by atoms with van der Waals surface area (Å²) in [4.78, 5) is 24.4. The predicted octanol–water partition coefficient (Wildman–Crippen LogP) is 3.93. The molecule has 0 atom stereocenters. The van der Waals surface area contributed by atoms with Crippen LogP contribution in [-0.4, -0.2) is 24.1 Å². The standard InChI is InChI=1S/C18H18F2N2O2S/c1-2-12-7-3-5-9-14(12)22-16(23)11-21-17(24)13-8-4-6-10-15(13)25-18(19)20/h3-10,18H,2,11H2,1H3,(H,21,24)(H,22,23). The summed E-state index contributed by atoms with van der Waals surface area (Å²) in [5.41, 5.74) is 1.80. The van der Waals surface area contributed by atoms with E-state index in [-0.39, 0.29) is 22.9 Å². The molecule has 25 heavy (non-hydrogen) atoms. The van der Waals surface area contributed by atoms with Crippen LogP contribution in [0.1, 0.15) is 22.8 Å². The van der Waals surface area contributed by atoms with Crippen molar-refractivity contribution in [3.8, 4) is 0 Å². The number of benzene rings is 2. The van der Waals surface area contributed by atoms with Crippen molar-refractivity contribution in [2.75, 3.05) is 11.9 Å². The van der Waals surface area contributed by atoms with Gasteiger partial charge < -0.3 is 10.6 Å². The molecule has 0 aliphatic rings. The van der Waals surface area contributed by atoms with Crippen molar-refractivity contribution in [1.82, 2.24) is 5.32 Å². The molecule has 0 saturated carbocycles. The summed E-state index contributed by atoms with van der Waals surface area (Å²) < 4.78 is 25.1. The topological polar surface area (TPSA) is 58.2 Å². The van der Waals surface area contributed by atoms with E-state index in [0.717, 1.165) is 12.0 Å². The Morgan fingerprint density at radius 3 is 2.48 bits per heavy atom. The van der Waals surface area contributed by atoms with Crippen LogP contribution in [0.25, 0.3) is 0 Å². The van der Waals surface area contributed by atoms with Gasteiger partial charge in [0.2, 0.25) is 5.91 Å². The van der Waals surface area contributed by atoms with Crippen molar-refractivity contribution in [3.05, 3.63) is 59.7 Å². The van der Waals surface area contributed by atoms with E-state index in [9.17, 15) is 18.4 Å². The highest BCUT2D eigenvalue weighted by Crippen LogP contribution is 2.28. The maximum atomic E-state index is 12.6. The minimum atomic E-state index is -2.62. The van der Waals surface area contributed by atoms with Gasteiger partial charge in [0, 0.05) is 10.6 Å². The van der Waals surface area contributed by atoms with Gasteiger partial charge in [-0.3, -0.25) is 9.59 Å². The Hall–Kier alpha value is -2.41. The number of para-hydroxylation sites is 1. The number of hydrogen-bond acceptors (Lipinski definition) is 3. The highest BCUT2D eigenvalue weighted by atomic mass is 32.2. The predicted molar refractivity (Wildman–Crippen MR) is 95.1 cm³/mol. The van der Waals surface area contributed by atoms with Crippen LogP contribution < -0.4 is 10.6 Å². The molecule has 0 radical (unpaired) electrons. The van der Waals surface area contributed by atoms with Gasteiger partial charge in [-0.05, 0) is 30.2 Å². The number of alkyl halides is 2. The molecule has 0 fully saturated rings. The number of amides is 2. The maximum absolute atomic E-state index is 12.6. The third-order valence-electron chi connectivity index (χ3n) is 3.43. The fraction of sp³-hybridized carbons (Fsp3) is 0.222. The lowest BCUT2D eigenvalue weighted by molar-refractivity contribution is -0.115. The SMILES string of the molecule is CCc1ccccc1NC(=O)CNC(=O)c1ccccc1SC(F)F. The van der Waals surface area contributed by atoms with Gasteiger partial charge in [-0.2, -0.15) is 8.78 Å². The zero-order valence-electron chi connectivity index (χ0n) is 13.6. The second-order valence-electron chi connectivity index (χ2n) is 5.12. The fourth-order valence-corrected chi connectivity index (χ4v) is 2.89. The first kappa shape index (κ1) is 18.9. The number of nitrogens with one attached hydrogen (secondary N) is 2. The van der Waals surface area contributed by atoms with E-state index in [4.69, 9.17) is 0 Å². The van der Waals surface area contributed by atoms with Gasteiger partial charge in [0.1, 0.15) is 0 Å². The van der Waals surface area contributed by atoms with E-state index in [0.29, 0.717) is 17.4 Å². The lowest BCUT2D eigenvalue weighted by Crippen LogP contribution is -2.33. The van der Waals surface area contributed by atoms with E-state index in [2.05, 4.69) is 10.6 Å². The Labute approximate surface area is 149 Å². The molecule has 2 rings (SSSR count). The minimum Gasteiger partial charge on any atom is -0.343 e. The highest BCUT2D eigenvalue weighted by Gasteiger charge is 2.16. The van der Waals surface area contributed by atoms with Crippen molar-refractivity contribution in [3.63, 3.8) is 0 Å². The van der Waals surface area contributed by atoms with Crippen molar-refractivity contribution < 1.29 is 18.4 Å². The lowest BCUT2D eigenvalue weighted by atomic mass is 10.1. The third-order valence-corrected chi connectivity index (χ3v) is 4.22. The molecule has 0 spiro atoms. The first-order valence-electron chi connectivity index (χ1n) is 7.71. The monoisotopic (exact) mass is 364 g/mol. The minimum absolute atomic E-state index is 0.120. The lowest BCUT2D eigenvalue weighted by Gasteiger charge is -2.11. The van der Waals surface area contributed by atoms with Gasteiger partial charge in [-0.15, -0.1) is 0 Å². The summed E-state index contributed by atoms with van der Waals surface area (Å²) >= 11 is 0.300. The summed E-state index contributed by atoms with van der Waals surface area (Å²) in [5, 5.41) is 5.20. The molecule has 0 aliphatic carbocycles. The number of carbonyl (C=O) groups is 2. The second-order valence-corrected chi connectivity index (χ2v) is 6.15. The van der Waals surface area contributed by atoms with Crippen LogP contribution in [0.2, 0.25) is 0 Å². The van der Waals surface area contributed by atoms with Gasteiger partial charge in [-0.1, -0.05) is 49.0 Å². The average molecular weight is 364 g/mol. The van der Waals surface area contributed by atoms with Crippen LogP contribution in [0.4, 0.5) is 14.5 Å². The largest absolute Gasteiger partial charge is 0.343 e. The Kier molecular flexibility index (Phi) is 6.94. The van der Waals surface area contributed by atoms with Gasteiger partial charge in [0.25, 0.3) is 11.7 Å². The van der Waals surface area contributed by atoms with Crippen molar-refractivity contribution in [2.24, 2.45) is 0 Å². The molecular weight excluding hydrogens is 346 g/mol. The molecule has 0 saturated heterocycles. The first-order chi connectivity index (χ1) is 12.0. The van der Waals surface area contributed by atoms with Gasteiger partial charge in [0.15, 0.2) is 0 Å². The molecule has 0 aliphatic heterocycles. The molecule has 2 aromatic carbocycles. The Morgan fingerprint density at radius 2 is 1.76 bits per heavy atom. The van der Waals surface area contributed by atoms with Crippen LogP contribution >= 0.6 is 11.8 Å². The molecule has 132 valence electrons. The molecule has 0 unspecified atom stereocenters. The number of halogens is 2. The normalized spacial score (nSPS) is 10.6. The Bertz CT molecular complexity index is 753. The number of aryl methyl sites for hydroxylation is 1. The molecule has 4 nitrogen and oxygen atoms in total. The van der Waals surface area contributed by atoms with E-state index >= 15 is 0 Å². The maximum Gasteiger partial charge on any atom is 0.288 e. The summed E-state index contributed by atoms with van der Waals surface area (Å²) in [5.74, 6) is -3.57. The summed E-state index contributed by atoms with van der Waals surface area (Å²) in [6.45, 7) is 1.73. The van der Waals surface area contributed by atoms with Gasteiger partial charge in [0.05, 0.1) is 12.1 Å². The second kappa shape index (κ2) is 9.17. The number of hydrogen-bond donors (Lipinski definition) is 2. The molecular formula is C18H18F2N2O2S. The highest BCUT2D eigenvalue weighted by molar-refractivity contribution is 7.99. The Morgan fingerprint density at radius 1 is 1.08 bits per heavy atom. The number of rotatable bonds is 7. The first-order valence-corrected chi connectivity index (χ1v) is 8.59. The van der Waals surface area contributed by atoms with Crippen LogP contribution in [-0.2, 0) is 11.2 Å². The summed E-state index contributed by atoms with van der Waals surface area (Å²) in [7, 11) is 0. The molecule has 7 heteroatoms. The molecule has 0 bridgehead atoms. The van der Waals surface area contributed by atoms with E-state index in [1.54, 1.807) is 18.2 Å². The molecule has 2 aromatic rings.